The van der Waals surface area contributed by atoms with Crippen molar-refractivity contribution in [1.82, 2.24) is 14.9 Å². The number of sulfonamides is 1. The highest BCUT2D eigenvalue weighted by molar-refractivity contribution is 7.91. The molecule has 13 heteroatoms. The van der Waals surface area contributed by atoms with Gasteiger partial charge in [-0.1, -0.05) is 30.3 Å². The Morgan fingerprint density at radius 2 is 1.82 bits per heavy atom. The van der Waals surface area contributed by atoms with Gasteiger partial charge in [-0.05, 0) is 58.4 Å². The summed E-state index contributed by atoms with van der Waals surface area (Å²) in [5.74, 6) is -1.53. The molecule has 1 aromatic heterocycles. The van der Waals surface area contributed by atoms with E-state index in [9.17, 15) is 22.8 Å². The van der Waals surface area contributed by atoms with Crippen molar-refractivity contribution < 1.29 is 28.0 Å². The summed E-state index contributed by atoms with van der Waals surface area (Å²) in [6, 6.07) is 10.9. The number of hydroxylamine groups is 1. The van der Waals surface area contributed by atoms with Crippen LogP contribution in [-0.4, -0.2) is 59.1 Å². The number of ether oxygens (including phenoxy) is 1. The summed E-state index contributed by atoms with van der Waals surface area (Å²) in [5, 5.41) is 9.10. The van der Waals surface area contributed by atoms with Crippen molar-refractivity contribution in [2.75, 3.05) is 11.3 Å². The molecule has 1 aliphatic rings. The molecular weight excluding hydrogens is 526 g/mol. The van der Waals surface area contributed by atoms with Gasteiger partial charge in [0.15, 0.2) is 0 Å². The lowest BCUT2D eigenvalue weighted by Crippen LogP contribution is -2.47. The number of esters is 1. The Morgan fingerprint density at radius 1 is 1.15 bits per heavy atom. The van der Waals surface area contributed by atoms with Crippen LogP contribution in [0, 0.1) is 6.92 Å². The molecular formula is C26H33N5O7S. The van der Waals surface area contributed by atoms with Gasteiger partial charge in [0.2, 0.25) is 16.0 Å². The standard InChI is InChI=1S/C26H33N5O7S/c1-17-11-12-21(29-39(36,37)16-19-9-7-6-8-10-19)24(34)31(17)25-27-20(13-14-23(33)38-26(3,4)5)18(2)30(25)15-22(32)28-35/h6-13,18,29,35H,14-16H2,1-5H3,(H,28,32). The summed E-state index contributed by atoms with van der Waals surface area (Å²) in [4.78, 5) is 43.9. The van der Waals surface area contributed by atoms with E-state index in [1.165, 1.54) is 15.5 Å². The summed E-state index contributed by atoms with van der Waals surface area (Å²) in [7, 11) is -3.93. The van der Waals surface area contributed by atoms with Crippen molar-refractivity contribution in [3.8, 4) is 0 Å². The number of anilines is 1. The number of carbonyl (C=O) groups excluding carboxylic acids is 2. The molecule has 1 aromatic carbocycles. The number of hydrogen-bond acceptors (Lipinski definition) is 9. The molecule has 0 saturated carbocycles. The van der Waals surface area contributed by atoms with Crippen molar-refractivity contribution in [1.29, 1.82) is 0 Å². The fourth-order valence-corrected chi connectivity index (χ4v) is 5.12. The van der Waals surface area contributed by atoms with Crippen LogP contribution in [0.3, 0.4) is 0 Å². The third-order valence-corrected chi connectivity index (χ3v) is 6.90. The van der Waals surface area contributed by atoms with Gasteiger partial charge in [0.1, 0.15) is 17.8 Å². The minimum absolute atomic E-state index is 0.0353. The lowest BCUT2D eigenvalue weighted by Gasteiger charge is -2.26. The molecule has 39 heavy (non-hydrogen) atoms. The SMILES string of the molecule is Cc1ccc(NS(=O)(=O)Cc2ccccc2)c(=O)n1C1=NC(=CCC(=O)OC(C)(C)C)C(C)N1CC(=O)NO. The molecule has 2 heterocycles. The van der Waals surface area contributed by atoms with Crippen molar-refractivity contribution in [2.45, 2.75) is 58.4 Å². The Kier molecular flexibility index (Phi) is 8.97. The first-order chi connectivity index (χ1) is 18.2. The molecule has 1 unspecified atom stereocenters. The second kappa shape index (κ2) is 11.8. The molecule has 0 aliphatic carbocycles. The molecule has 2 aromatic rings. The monoisotopic (exact) mass is 559 g/mol. The second-order valence-electron chi connectivity index (χ2n) is 10.0. The van der Waals surface area contributed by atoms with Gasteiger partial charge in [0.05, 0.1) is 23.9 Å². The molecule has 1 atom stereocenters. The third kappa shape index (κ3) is 7.77. The summed E-state index contributed by atoms with van der Waals surface area (Å²) in [6.45, 7) is 8.22. The number of pyridine rings is 1. The highest BCUT2D eigenvalue weighted by atomic mass is 32.2. The van der Waals surface area contributed by atoms with Gasteiger partial charge in [-0.2, -0.15) is 0 Å². The van der Waals surface area contributed by atoms with E-state index in [-0.39, 0.29) is 30.4 Å². The number of benzene rings is 1. The van der Waals surface area contributed by atoms with Gasteiger partial charge in [0.25, 0.3) is 11.5 Å². The molecule has 0 fully saturated rings. The zero-order valence-corrected chi connectivity index (χ0v) is 23.3. The predicted octanol–water partition coefficient (Wildman–Crippen LogP) is 2.13. The summed E-state index contributed by atoms with van der Waals surface area (Å²) in [5.41, 5.74) is 1.34. The molecule has 3 rings (SSSR count). The summed E-state index contributed by atoms with van der Waals surface area (Å²) < 4.78 is 34.5. The Balaban J connectivity index is 2.00. The summed E-state index contributed by atoms with van der Waals surface area (Å²) >= 11 is 0. The molecule has 0 spiro atoms. The number of carbonyl (C=O) groups is 2. The van der Waals surface area contributed by atoms with Crippen molar-refractivity contribution >= 4 is 33.5 Å². The van der Waals surface area contributed by atoms with E-state index in [0.29, 0.717) is 17.0 Å². The van der Waals surface area contributed by atoms with E-state index in [0.717, 1.165) is 0 Å². The zero-order valence-electron chi connectivity index (χ0n) is 22.5. The van der Waals surface area contributed by atoms with E-state index in [2.05, 4.69) is 9.71 Å². The highest BCUT2D eigenvalue weighted by Gasteiger charge is 2.33. The Labute approximate surface area is 227 Å². The zero-order chi connectivity index (χ0) is 29.0. The molecule has 0 radical (unpaired) electrons. The topological polar surface area (TPSA) is 159 Å². The first-order valence-electron chi connectivity index (χ1n) is 12.2. The average molecular weight is 560 g/mol. The van der Waals surface area contributed by atoms with Crippen LogP contribution in [-0.2, 0) is 30.1 Å². The molecule has 1 aliphatic heterocycles. The second-order valence-corrected chi connectivity index (χ2v) is 11.8. The van der Waals surface area contributed by atoms with Crippen LogP contribution in [0.5, 0.6) is 0 Å². The lowest BCUT2D eigenvalue weighted by molar-refractivity contribution is -0.153. The fourth-order valence-electron chi connectivity index (χ4n) is 3.92. The predicted molar refractivity (Wildman–Crippen MR) is 146 cm³/mol. The minimum atomic E-state index is -3.93. The van der Waals surface area contributed by atoms with Gasteiger partial charge in [-0.25, -0.2) is 23.5 Å². The van der Waals surface area contributed by atoms with E-state index in [1.807, 2.05) is 0 Å². The molecule has 1 amide bonds. The number of nitrogens with zero attached hydrogens (tertiary/aromatic N) is 3. The molecule has 210 valence electrons. The normalized spacial score (nSPS) is 16.7. The Bertz CT molecular complexity index is 1460. The van der Waals surface area contributed by atoms with Crippen LogP contribution < -0.4 is 15.8 Å². The third-order valence-electron chi connectivity index (χ3n) is 5.66. The minimum Gasteiger partial charge on any atom is -0.460 e. The molecule has 12 nitrogen and oxygen atoms in total. The number of amides is 1. The summed E-state index contributed by atoms with van der Waals surface area (Å²) in [6.07, 6.45) is 1.45. The average Bonchev–Trinajstić information content (AvgIpc) is 3.13. The number of aryl methyl sites for hydroxylation is 1. The van der Waals surface area contributed by atoms with Crippen LogP contribution in [0.1, 0.15) is 45.4 Å². The van der Waals surface area contributed by atoms with Crippen LogP contribution in [0.25, 0.3) is 0 Å². The van der Waals surface area contributed by atoms with Crippen molar-refractivity contribution in [3.05, 3.63) is 75.8 Å². The maximum absolute atomic E-state index is 13.5. The number of aliphatic imine (C=N–C) groups is 1. The smallest absolute Gasteiger partial charge is 0.310 e. The number of nitrogens with one attached hydrogen (secondary N) is 2. The van der Waals surface area contributed by atoms with Gasteiger partial charge in [0, 0.05) is 5.69 Å². The lowest BCUT2D eigenvalue weighted by atomic mass is 10.2. The van der Waals surface area contributed by atoms with Crippen molar-refractivity contribution in [2.24, 2.45) is 4.99 Å². The molecule has 0 bridgehead atoms. The molecule has 3 N–H and O–H groups in total. The number of rotatable bonds is 8. The van der Waals surface area contributed by atoms with E-state index in [4.69, 9.17) is 9.94 Å². The van der Waals surface area contributed by atoms with E-state index < -0.39 is 39.1 Å². The first kappa shape index (κ1) is 29.6. The van der Waals surface area contributed by atoms with Crippen LogP contribution in [0.15, 0.2) is 64.0 Å². The van der Waals surface area contributed by atoms with E-state index >= 15 is 0 Å². The van der Waals surface area contributed by atoms with E-state index in [1.54, 1.807) is 82.6 Å². The van der Waals surface area contributed by atoms with Crippen LogP contribution in [0.2, 0.25) is 0 Å². The quantitative estimate of drug-likeness (QED) is 0.252. The largest absolute Gasteiger partial charge is 0.460 e. The van der Waals surface area contributed by atoms with Gasteiger partial charge in [-0.15, -0.1) is 0 Å². The Morgan fingerprint density at radius 3 is 2.44 bits per heavy atom. The molecule has 0 saturated heterocycles. The Hall–Kier alpha value is -3.97. The van der Waals surface area contributed by atoms with Crippen molar-refractivity contribution in [3.63, 3.8) is 0 Å². The van der Waals surface area contributed by atoms with Gasteiger partial charge < -0.3 is 9.64 Å². The van der Waals surface area contributed by atoms with Gasteiger partial charge in [-0.3, -0.25) is 24.3 Å². The van der Waals surface area contributed by atoms with Gasteiger partial charge >= 0.3 is 5.97 Å². The fraction of sp³-hybridized carbons (Fsp3) is 0.385. The maximum atomic E-state index is 13.5. The highest BCUT2D eigenvalue weighted by Crippen LogP contribution is 2.24. The number of aromatic nitrogens is 1. The first-order valence-corrected chi connectivity index (χ1v) is 13.8. The number of hydrogen-bond donors (Lipinski definition) is 3. The van der Waals surface area contributed by atoms with Crippen LogP contribution in [0.4, 0.5) is 5.69 Å². The van der Waals surface area contributed by atoms with Crippen LogP contribution >= 0.6 is 0 Å². The maximum Gasteiger partial charge on any atom is 0.310 e.